The van der Waals surface area contributed by atoms with Crippen LogP contribution in [0.2, 0.25) is 0 Å². The Balaban J connectivity index is 0. The zero-order chi connectivity index (χ0) is 84.8. The summed E-state index contributed by atoms with van der Waals surface area (Å²) in [6.07, 6.45) is -0.231. The van der Waals surface area contributed by atoms with Gasteiger partial charge in [0.25, 0.3) is 0 Å². The van der Waals surface area contributed by atoms with Crippen molar-refractivity contribution in [2.24, 2.45) is 17.0 Å². The number of fused-ring (bicyclic) bond motifs is 4. The molecular weight excluding hydrogens is 2450 g/mol. The van der Waals surface area contributed by atoms with E-state index in [1.165, 1.54) is 98.0 Å². The van der Waals surface area contributed by atoms with Crippen molar-refractivity contribution in [3.8, 4) is 34.7 Å². The van der Waals surface area contributed by atoms with Crippen LogP contribution in [0.1, 0.15) is 87.5 Å². The molecule has 0 aliphatic carbocycles. The Bertz CT molecular complexity index is 5030. The standard InChI is InChI=1S/C15H11N4.2C12H8N3.C10H6F6N3.C10H12N3.C6H10O2.3C5H8O2.CN.CHO.3Ir.2Pt/c1-19-13-9-5-4-8-12(13)18-15(19)14-16-10-6-2-3-7-11(10)17-14;2*1-2-6-10-9(5-1)14-12(15-10)11-7-3-4-8-13-11;11-9(12,13)6-7(10(14,15)16)19-8(18-6)5-3-1-2-4-17-5;1-7-8(2)13-10(12-7)9-5-3-4-6-11-9;1-4(5(2)7)6(3)8;3*1-4(6)3-5(2)7;2*1-2;;;;;/h2-9H,1H3;2*1-8H;1-4,6-7H;3-8H,1-2H3;7H,1-3H3;3*3,6H,1-2H3;;1H;;;;;/q5*-1;;;;;2*-1;;;+3;;. The van der Waals surface area contributed by atoms with Crippen molar-refractivity contribution in [3.05, 3.63) is 270 Å². The van der Waals surface area contributed by atoms with Crippen LogP contribution in [0.25, 0.3) is 89.5 Å². The fourth-order valence-corrected chi connectivity index (χ4v) is 9.35. The summed E-state index contributed by atoms with van der Waals surface area (Å²) in [4.78, 5) is 103. The van der Waals surface area contributed by atoms with Gasteiger partial charge in [0, 0.05) is 138 Å². The van der Waals surface area contributed by atoms with Crippen molar-refractivity contribution >= 4 is 85.7 Å². The van der Waals surface area contributed by atoms with E-state index in [0.717, 1.165) is 72.9 Å². The summed E-state index contributed by atoms with van der Waals surface area (Å²) in [7, 11) is 1.99. The first-order valence-corrected chi connectivity index (χ1v) is 34.0. The number of aliphatic hydroxyl groups excluding tert-OH is 4. The van der Waals surface area contributed by atoms with Gasteiger partial charge < -0.3 is 92.1 Å². The maximum absolute atomic E-state index is 12.5. The first kappa shape index (κ1) is 110. The van der Waals surface area contributed by atoms with Crippen LogP contribution in [0.4, 0.5) is 26.3 Å². The van der Waals surface area contributed by atoms with E-state index in [-0.39, 0.29) is 166 Å². The van der Waals surface area contributed by atoms with Gasteiger partial charge in [-0.2, -0.15) is 26.3 Å². The van der Waals surface area contributed by atoms with E-state index < -0.39 is 30.3 Å². The number of aromatic nitrogens is 12. The predicted molar refractivity (Wildman–Crippen MR) is 423 cm³/mol. The second-order valence-electron chi connectivity index (χ2n) is 24.0. The molecule has 4 unspecified atom stereocenters. The van der Waals surface area contributed by atoms with Crippen LogP contribution in [-0.2, 0) is 133 Å². The van der Waals surface area contributed by atoms with Gasteiger partial charge in [-0.15, -0.1) is 0 Å². The number of aliphatic imine (C=N–C) groups is 2. The number of rotatable bonds is 9. The Morgan fingerprint density at radius 1 is 0.454 bits per heavy atom. The van der Waals surface area contributed by atoms with Gasteiger partial charge in [-0.1, -0.05) is 123 Å². The minimum Gasteiger partial charge on any atom is -0.545 e. The van der Waals surface area contributed by atoms with Crippen LogP contribution in [0, 0.1) is 11.8 Å². The van der Waals surface area contributed by atoms with Crippen LogP contribution < -0.4 is 15.0 Å². The second-order valence-corrected chi connectivity index (χ2v) is 24.0. The van der Waals surface area contributed by atoms with E-state index >= 15 is 0 Å². The third-order valence-electron chi connectivity index (χ3n) is 14.7. The minimum atomic E-state index is -5.11. The van der Waals surface area contributed by atoms with Gasteiger partial charge in [0.1, 0.15) is 5.82 Å². The molecule has 4 atom stereocenters. The SMILES string of the molecule is CC(=O)C(C)=C(C)O.CC(=O)C=C(C)O.CC(=O)C=C(C)O.CC(=O)C=C(C)O.CC1N=C(c2ccccn2)[N-]C1C.Cn1c(-c2nc3ccccc3[n-]2)nc2ccccc21.FC(F)(F)C1N=C(c2ccccn2)[N-]C1C(F)(F)F.[C-]#N.[CH-]=O.[Ir+3].[Ir].[Ir].[Pt].[Pt].c1ccc(-c2nc3ccccc3[n-]2)nc1.c1ccc(-c2nc3ccccc3[n-]2)nc1. The molecular formula is C82H80F6Ir3N17O9Pt2-4. The molecule has 4 aromatic carbocycles. The number of carbonyl (C=O) groups excluding carboxylic acids is 5. The Hall–Kier alpha value is -10.8. The quantitative estimate of drug-likeness (QED) is 0.0343. The molecule has 4 N–H and O–H groups in total. The van der Waals surface area contributed by atoms with E-state index in [4.69, 9.17) is 37.1 Å². The fourth-order valence-electron chi connectivity index (χ4n) is 9.35. The second kappa shape index (κ2) is 55.8. The zero-order valence-electron chi connectivity index (χ0n) is 65.4. The third-order valence-corrected chi connectivity index (χ3v) is 14.7. The Morgan fingerprint density at radius 3 is 1.03 bits per heavy atom. The number of benzene rings is 4. The summed E-state index contributed by atoms with van der Waals surface area (Å²) in [5.41, 5.74) is 10.3. The summed E-state index contributed by atoms with van der Waals surface area (Å²) in [5, 5.41) is 47.4. The van der Waals surface area contributed by atoms with Crippen LogP contribution >= 0.6 is 0 Å². The van der Waals surface area contributed by atoms with Crippen molar-refractivity contribution in [3.63, 3.8) is 0 Å². The van der Waals surface area contributed by atoms with Crippen molar-refractivity contribution in [2.75, 3.05) is 0 Å². The topological polar surface area (TPSA) is 393 Å². The first-order chi connectivity index (χ1) is 54.1. The number of imidazole rings is 4. The average Bonchev–Trinajstić information content (AvgIpc) is 1.64. The zero-order valence-corrected chi connectivity index (χ0v) is 77.2. The number of alkyl halides is 6. The number of carbonyl (C=O) groups is 4. The molecule has 2 aliphatic rings. The molecule has 12 aromatic rings. The van der Waals surface area contributed by atoms with Gasteiger partial charge in [0.05, 0.1) is 68.9 Å². The molecule has 0 fully saturated rings. The Labute approximate surface area is 752 Å². The van der Waals surface area contributed by atoms with Gasteiger partial charge in [-0.05, 0) is 197 Å². The summed E-state index contributed by atoms with van der Waals surface area (Å²) in [6.45, 7) is 25.2. The number of nitrogens with zero attached hydrogens (tertiary/aromatic N) is 17. The molecule has 0 amide bonds. The number of hydrogen-bond acceptors (Lipinski definition) is 20. The largest absolute Gasteiger partial charge is 3.00 e. The van der Waals surface area contributed by atoms with Gasteiger partial charge >= 0.3 is 32.5 Å². The molecule has 640 valence electrons. The molecule has 119 heavy (non-hydrogen) atoms. The van der Waals surface area contributed by atoms with Crippen molar-refractivity contribution in [1.29, 1.82) is 5.26 Å². The Morgan fingerprint density at radius 2 is 0.773 bits per heavy atom. The predicted octanol–water partition coefficient (Wildman–Crippen LogP) is 16.7. The van der Waals surface area contributed by atoms with E-state index in [0.29, 0.717) is 23.0 Å². The number of pyridine rings is 4. The average molecular weight is 2530 g/mol. The maximum atomic E-state index is 12.5. The normalized spacial score (nSPS) is 14.2. The number of para-hydroxylation sites is 8. The van der Waals surface area contributed by atoms with Crippen LogP contribution in [-0.4, -0.2) is 143 Å². The Kier molecular flexibility index (Phi) is 51.7. The number of halogens is 6. The molecule has 0 bridgehead atoms. The number of aryl methyl sites for hydroxylation is 1. The molecule has 2 radical (unpaired) electrons. The van der Waals surface area contributed by atoms with Crippen LogP contribution in [0.3, 0.4) is 0 Å². The number of ketones is 4. The van der Waals surface area contributed by atoms with Crippen LogP contribution in [0.5, 0.6) is 0 Å². The number of hydrogen-bond donors (Lipinski definition) is 4. The van der Waals surface area contributed by atoms with Crippen molar-refractivity contribution < 1.29 is 173 Å². The van der Waals surface area contributed by atoms with Crippen molar-refractivity contribution in [1.82, 2.24) is 59.4 Å². The van der Waals surface area contributed by atoms with E-state index in [1.807, 2.05) is 157 Å². The number of amidine groups is 2. The molecule has 10 heterocycles. The van der Waals surface area contributed by atoms with Gasteiger partial charge in [0.15, 0.2) is 23.1 Å². The summed E-state index contributed by atoms with van der Waals surface area (Å²) in [5.74, 6) is 2.87. The van der Waals surface area contributed by atoms with Gasteiger partial charge in [-0.25, -0.2) is 4.98 Å². The number of aliphatic hydroxyl groups is 4. The molecule has 0 spiro atoms. The molecule has 37 heteroatoms. The van der Waals surface area contributed by atoms with E-state index in [1.54, 1.807) is 25.5 Å². The summed E-state index contributed by atoms with van der Waals surface area (Å²) < 4.78 is 77.3. The molecule has 0 saturated heterocycles. The molecule has 26 nitrogen and oxygen atoms in total. The molecule has 0 saturated carbocycles. The summed E-state index contributed by atoms with van der Waals surface area (Å²) in [6, 6.07) is 47.7. The van der Waals surface area contributed by atoms with E-state index in [9.17, 15) is 45.5 Å². The van der Waals surface area contributed by atoms with Gasteiger partial charge in [0.2, 0.25) is 0 Å². The van der Waals surface area contributed by atoms with E-state index in [2.05, 4.69) is 102 Å². The first-order valence-electron chi connectivity index (χ1n) is 34.0. The molecule has 2 aliphatic heterocycles. The third kappa shape index (κ3) is 37.8. The minimum absolute atomic E-state index is 0. The van der Waals surface area contributed by atoms with Crippen LogP contribution in [0.15, 0.2) is 251 Å². The molecule has 8 aromatic heterocycles. The molecule has 14 rings (SSSR count). The smallest absolute Gasteiger partial charge is 0.545 e. The van der Waals surface area contributed by atoms with Crippen molar-refractivity contribution in [2.45, 2.75) is 113 Å². The number of Topliss-reactive ketones (excluding diaryl/α,β-unsaturated/α-hetero) is 1. The van der Waals surface area contributed by atoms with Gasteiger partial charge in [-0.3, -0.25) is 45.9 Å². The maximum Gasteiger partial charge on any atom is 3.00 e. The monoisotopic (exact) mass is 2530 g/mol. The summed E-state index contributed by atoms with van der Waals surface area (Å²) >= 11 is 0. The fraction of sp³-hybridized carbons (Fsp3) is 0.220. The number of allylic oxidation sites excluding steroid dienone is 8.